The zero-order valence-electron chi connectivity index (χ0n) is 5.82. The van der Waals surface area contributed by atoms with Crippen LogP contribution in [-0.2, 0) is 0 Å². The van der Waals surface area contributed by atoms with Gasteiger partial charge in [0.25, 0.3) is 0 Å². The third kappa shape index (κ3) is 1.68. The molecule has 3 nitrogen and oxygen atoms in total. The Bertz CT molecular complexity index is 176. The number of hydrogen-bond donors (Lipinski definition) is 1. The molecule has 1 aromatic heterocycles. The molecule has 0 aliphatic carbocycles. The van der Waals surface area contributed by atoms with Crippen LogP contribution < -0.4 is 4.90 Å². The van der Waals surface area contributed by atoms with Gasteiger partial charge in [0.05, 0.1) is 18.5 Å². The Balaban J connectivity index is 2.50. The van der Waals surface area contributed by atoms with Crippen LogP contribution in [-0.4, -0.2) is 29.7 Å². The van der Waals surface area contributed by atoms with Gasteiger partial charge in [0.15, 0.2) is 0 Å². The largest absolute Gasteiger partial charge is 0.395 e. The molecule has 0 aliphatic heterocycles. The maximum atomic E-state index is 8.58. The topological polar surface area (TPSA) is 36.4 Å². The molecule has 1 rings (SSSR count). The molecule has 0 saturated heterocycles. The summed E-state index contributed by atoms with van der Waals surface area (Å²) < 4.78 is 3.94. The lowest BCUT2D eigenvalue weighted by atomic mass is 10.5. The molecule has 0 radical (unpaired) electrons. The predicted octanol–water partition coefficient (Wildman–Crippen LogP) is 0.572. The number of rotatable bonds is 3. The van der Waals surface area contributed by atoms with E-state index in [-0.39, 0.29) is 6.61 Å². The fourth-order valence-electron chi connectivity index (χ4n) is 0.667. The van der Waals surface area contributed by atoms with Crippen molar-refractivity contribution < 1.29 is 5.11 Å². The summed E-state index contributed by atoms with van der Waals surface area (Å²) in [6, 6.07) is 0. The van der Waals surface area contributed by atoms with Gasteiger partial charge in [-0.1, -0.05) is 0 Å². The van der Waals surface area contributed by atoms with Gasteiger partial charge in [0.2, 0.25) is 0 Å². The molecule has 0 aromatic carbocycles. The van der Waals surface area contributed by atoms with Crippen LogP contribution in [0.3, 0.4) is 0 Å². The zero-order valence-corrected chi connectivity index (χ0v) is 6.64. The summed E-state index contributed by atoms with van der Waals surface area (Å²) in [5.41, 5.74) is 1.07. The smallest absolute Gasteiger partial charge is 0.0677 e. The molecule has 0 fully saturated rings. The van der Waals surface area contributed by atoms with Crippen molar-refractivity contribution in [3.63, 3.8) is 0 Å². The van der Waals surface area contributed by atoms with Gasteiger partial charge in [0.1, 0.15) is 0 Å². The Morgan fingerprint density at radius 1 is 1.80 bits per heavy atom. The first kappa shape index (κ1) is 7.50. The van der Waals surface area contributed by atoms with Crippen LogP contribution in [0.1, 0.15) is 0 Å². The first-order chi connectivity index (χ1) is 4.84. The second-order valence-electron chi connectivity index (χ2n) is 2.03. The van der Waals surface area contributed by atoms with Gasteiger partial charge in [0, 0.05) is 19.0 Å². The van der Waals surface area contributed by atoms with E-state index in [0.29, 0.717) is 6.54 Å². The van der Waals surface area contributed by atoms with Crippen molar-refractivity contribution in [3.8, 4) is 0 Å². The number of anilines is 1. The van der Waals surface area contributed by atoms with E-state index >= 15 is 0 Å². The number of likely N-dealkylation sites (N-methyl/N-ethyl adjacent to an activating group) is 1. The number of nitrogens with zero attached hydrogens (tertiary/aromatic N) is 2. The molecule has 0 saturated carbocycles. The lowest BCUT2D eigenvalue weighted by Gasteiger charge is -2.13. The van der Waals surface area contributed by atoms with Crippen molar-refractivity contribution in [2.45, 2.75) is 0 Å². The van der Waals surface area contributed by atoms with E-state index in [1.807, 2.05) is 17.3 Å². The summed E-state index contributed by atoms with van der Waals surface area (Å²) in [4.78, 5) is 1.96. The molecular formula is C6H10N2OS. The molecule has 0 aliphatic rings. The minimum Gasteiger partial charge on any atom is -0.395 e. The van der Waals surface area contributed by atoms with Crippen LogP contribution in [0, 0.1) is 0 Å². The third-order valence-electron chi connectivity index (χ3n) is 1.30. The van der Waals surface area contributed by atoms with E-state index < -0.39 is 0 Å². The lowest BCUT2D eigenvalue weighted by molar-refractivity contribution is 0.304. The Kier molecular flexibility index (Phi) is 2.65. The Morgan fingerprint density at radius 2 is 2.60 bits per heavy atom. The monoisotopic (exact) mass is 158 g/mol. The van der Waals surface area contributed by atoms with Crippen LogP contribution in [0.5, 0.6) is 0 Å². The van der Waals surface area contributed by atoms with E-state index in [4.69, 9.17) is 5.11 Å². The van der Waals surface area contributed by atoms with Crippen LogP contribution in [0.4, 0.5) is 5.69 Å². The van der Waals surface area contributed by atoms with E-state index in [1.54, 1.807) is 6.20 Å². The predicted molar refractivity (Wildman–Crippen MR) is 42.5 cm³/mol. The van der Waals surface area contributed by atoms with Gasteiger partial charge >= 0.3 is 0 Å². The van der Waals surface area contributed by atoms with Crippen LogP contribution in [0.2, 0.25) is 0 Å². The first-order valence-electron chi connectivity index (χ1n) is 3.06. The van der Waals surface area contributed by atoms with Crippen molar-refractivity contribution in [1.82, 2.24) is 4.37 Å². The molecule has 0 atom stereocenters. The molecule has 1 aromatic rings. The SMILES string of the molecule is CN(CCO)c1cnsc1. The van der Waals surface area contributed by atoms with E-state index in [0.717, 1.165) is 5.69 Å². The molecular weight excluding hydrogens is 148 g/mol. The molecule has 1 heterocycles. The van der Waals surface area contributed by atoms with Gasteiger partial charge in [-0.05, 0) is 11.5 Å². The Hall–Kier alpha value is -0.610. The van der Waals surface area contributed by atoms with Crippen molar-refractivity contribution in [2.24, 2.45) is 0 Å². The molecule has 10 heavy (non-hydrogen) atoms. The van der Waals surface area contributed by atoms with E-state index in [1.165, 1.54) is 11.5 Å². The van der Waals surface area contributed by atoms with Crippen molar-refractivity contribution >= 4 is 17.2 Å². The van der Waals surface area contributed by atoms with Crippen molar-refractivity contribution in [2.75, 3.05) is 25.1 Å². The maximum absolute atomic E-state index is 8.58. The van der Waals surface area contributed by atoms with Crippen LogP contribution in [0.15, 0.2) is 11.6 Å². The number of aliphatic hydroxyl groups is 1. The third-order valence-corrected chi connectivity index (χ3v) is 1.87. The highest BCUT2D eigenvalue weighted by Gasteiger charge is 1.98. The molecule has 56 valence electrons. The first-order valence-corrected chi connectivity index (χ1v) is 3.89. The van der Waals surface area contributed by atoms with Gasteiger partial charge in [-0.25, -0.2) is 0 Å². The second-order valence-corrected chi connectivity index (χ2v) is 2.69. The summed E-state index contributed by atoms with van der Waals surface area (Å²) in [5.74, 6) is 0. The average molecular weight is 158 g/mol. The lowest BCUT2D eigenvalue weighted by Crippen LogP contribution is -2.20. The Morgan fingerprint density at radius 3 is 3.10 bits per heavy atom. The number of aliphatic hydroxyl groups excluding tert-OH is 1. The number of hydrogen-bond acceptors (Lipinski definition) is 4. The zero-order chi connectivity index (χ0) is 7.40. The van der Waals surface area contributed by atoms with Crippen LogP contribution >= 0.6 is 11.5 Å². The molecule has 4 heteroatoms. The van der Waals surface area contributed by atoms with Crippen molar-refractivity contribution in [1.29, 1.82) is 0 Å². The minimum absolute atomic E-state index is 0.187. The molecule has 0 amide bonds. The fraction of sp³-hybridized carbons (Fsp3) is 0.500. The Labute approximate surface area is 64.1 Å². The van der Waals surface area contributed by atoms with Crippen molar-refractivity contribution in [3.05, 3.63) is 11.6 Å². The maximum Gasteiger partial charge on any atom is 0.0677 e. The van der Waals surface area contributed by atoms with E-state index in [2.05, 4.69) is 4.37 Å². The normalized spacial score (nSPS) is 9.80. The summed E-state index contributed by atoms with van der Waals surface area (Å²) in [7, 11) is 1.93. The highest BCUT2D eigenvalue weighted by Crippen LogP contribution is 2.12. The summed E-state index contributed by atoms with van der Waals surface area (Å²) in [6.07, 6.45) is 1.79. The van der Waals surface area contributed by atoms with E-state index in [9.17, 15) is 0 Å². The summed E-state index contributed by atoms with van der Waals surface area (Å²) >= 11 is 1.42. The number of aromatic nitrogens is 1. The van der Waals surface area contributed by atoms with Crippen LogP contribution in [0.25, 0.3) is 0 Å². The molecule has 0 unspecified atom stereocenters. The van der Waals surface area contributed by atoms with Gasteiger partial charge < -0.3 is 10.0 Å². The minimum atomic E-state index is 0.187. The summed E-state index contributed by atoms with van der Waals surface area (Å²) in [6.45, 7) is 0.852. The molecule has 1 N–H and O–H groups in total. The second kappa shape index (κ2) is 3.53. The highest BCUT2D eigenvalue weighted by molar-refractivity contribution is 7.04. The van der Waals surface area contributed by atoms with Gasteiger partial charge in [-0.2, -0.15) is 4.37 Å². The standard InChI is InChI=1S/C6H10N2OS/c1-8(2-3-9)6-4-7-10-5-6/h4-5,9H,2-3H2,1H3. The van der Waals surface area contributed by atoms with Gasteiger partial charge in [-0.3, -0.25) is 0 Å². The average Bonchev–Trinajstić information content (AvgIpc) is 2.38. The fourth-order valence-corrected chi connectivity index (χ4v) is 1.25. The quantitative estimate of drug-likeness (QED) is 0.698. The molecule has 0 bridgehead atoms. The summed E-state index contributed by atoms with van der Waals surface area (Å²) in [5, 5.41) is 10.5. The highest BCUT2D eigenvalue weighted by atomic mass is 32.1. The van der Waals surface area contributed by atoms with Gasteiger partial charge in [-0.15, -0.1) is 0 Å². The molecule has 0 spiro atoms.